The van der Waals surface area contributed by atoms with Crippen molar-refractivity contribution < 1.29 is 5.11 Å². The van der Waals surface area contributed by atoms with Crippen molar-refractivity contribution in [2.24, 2.45) is 5.92 Å². The number of hydrogen-bond acceptors (Lipinski definition) is 2. The lowest BCUT2D eigenvalue weighted by atomic mass is 9.85. The number of piperidine rings is 1. The molecule has 2 N–H and O–H groups in total. The van der Waals surface area contributed by atoms with Gasteiger partial charge in [0.1, 0.15) is 0 Å². The Morgan fingerprint density at radius 3 is 2.50 bits per heavy atom. The highest BCUT2D eigenvalue weighted by atomic mass is 16.3. The minimum Gasteiger partial charge on any atom is -0.391 e. The van der Waals surface area contributed by atoms with E-state index in [1.807, 2.05) is 13.8 Å². The second kappa shape index (κ2) is 2.51. The van der Waals surface area contributed by atoms with E-state index in [1.54, 1.807) is 0 Å². The van der Waals surface area contributed by atoms with E-state index < -0.39 is 0 Å². The van der Waals surface area contributed by atoms with E-state index in [-0.39, 0.29) is 11.6 Å². The fourth-order valence-corrected chi connectivity index (χ4v) is 1.31. The van der Waals surface area contributed by atoms with Gasteiger partial charge in [-0.05, 0) is 32.7 Å². The molecule has 1 aliphatic heterocycles. The molecule has 0 spiro atoms. The number of nitrogens with one attached hydrogen (secondary N) is 1. The zero-order chi connectivity index (χ0) is 7.78. The third kappa shape index (κ3) is 1.50. The van der Waals surface area contributed by atoms with Gasteiger partial charge in [0.05, 0.1) is 6.10 Å². The van der Waals surface area contributed by atoms with Gasteiger partial charge < -0.3 is 10.4 Å². The van der Waals surface area contributed by atoms with Gasteiger partial charge in [-0.2, -0.15) is 0 Å². The van der Waals surface area contributed by atoms with Gasteiger partial charge in [0, 0.05) is 5.54 Å². The Balaban J connectivity index is 2.52. The first-order chi connectivity index (χ1) is 4.52. The Bertz CT molecular complexity index is 122. The lowest BCUT2D eigenvalue weighted by molar-refractivity contribution is 0.0319. The van der Waals surface area contributed by atoms with Crippen LogP contribution in [0, 0.1) is 5.92 Å². The van der Waals surface area contributed by atoms with E-state index in [1.165, 1.54) is 0 Å². The number of rotatable bonds is 0. The van der Waals surface area contributed by atoms with Crippen LogP contribution in [0.5, 0.6) is 0 Å². The van der Waals surface area contributed by atoms with Gasteiger partial charge in [-0.1, -0.05) is 6.92 Å². The molecule has 0 amide bonds. The summed E-state index contributed by atoms with van der Waals surface area (Å²) in [5.41, 5.74) is -0.0769. The highest BCUT2D eigenvalue weighted by Crippen LogP contribution is 2.21. The molecule has 0 aliphatic carbocycles. The van der Waals surface area contributed by atoms with Crippen molar-refractivity contribution >= 4 is 0 Å². The van der Waals surface area contributed by atoms with Crippen molar-refractivity contribution in [3.05, 3.63) is 0 Å². The van der Waals surface area contributed by atoms with Crippen LogP contribution >= 0.6 is 0 Å². The van der Waals surface area contributed by atoms with Crippen LogP contribution in [0.4, 0.5) is 0 Å². The molecule has 0 saturated carbocycles. The number of aliphatic hydroxyl groups is 1. The third-order valence-corrected chi connectivity index (χ3v) is 2.36. The van der Waals surface area contributed by atoms with Gasteiger partial charge in [0.25, 0.3) is 0 Å². The van der Waals surface area contributed by atoms with Gasteiger partial charge in [0.2, 0.25) is 0 Å². The fraction of sp³-hybridized carbons (Fsp3) is 1.00. The molecule has 1 heterocycles. The van der Waals surface area contributed by atoms with Crippen LogP contribution in [-0.2, 0) is 0 Å². The average Bonchev–Trinajstić information content (AvgIpc) is 1.81. The molecule has 1 rings (SSSR count). The van der Waals surface area contributed by atoms with E-state index in [0.29, 0.717) is 5.92 Å². The van der Waals surface area contributed by atoms with Crippen molar-refractivity contribution in [2.75, 3.05) is 6.54 Å². The molecule has 0 bridgehead atoms. The minimum absolute atomic E-state index is 0.0769. The van der Waals surface area contributed by atoms with Crippen molar-refractivity contribution in [3.8, 4) is 0 Å². The maximum atomic E-state index is 9.54. The molecular weight excluding hydrogens is 126 g/mol. The molecule has 0 aromatic heterocycles. The highest BCUT2D eigenvalue weighted by molar-refractivity contribution is 4.91. The molecule has 2 heteroatoms. The Morgan fingerprint density at radius 1 is 1.50 bits per heavy atom. The zero-order valence-corrected chi connectivity index (χ0v) is 7.02. The smallest absolute Gasteiger partial charge is 0.0719 e. The molecule has 1 aliphatic rings. The Hall–Kier alpha value is -0.0800. The first-order valence-electron chi connectivity index (χ1n) is 3.95. The zero-order valence-electron chi connectivity index (χ0n) is 7.02. The van der Waals surface area contributed by atoms with E-state index in [2.05, 4.69) is 12.2 Å². The summed E-state index contributed by atoms with van der Waals surface area (Å²) in [5.74, 6) is 0.614. The lowest BCUT2D eigenvalue weighted by Crippen LogP contribution is -2.55. The third-order valence-electron chi connectivity index (χ3n) is 2.36. The topological polar surface area (TPSA) is 32.3 Å². The van der Waals surface area contributed by atoms with Gasteiger partial charge in [-0.3, -0.25) is 0 Å². The Morgan fingerprint density at radius 2 is 2.10 bits per heavy atom. The Labute approximate surface area is 62.6 Å². The van der Waals surface area contributed by atoms with Crippen molar-refractivity contribution in [1.82, 2.24) is 5.32 Å². The van der Waals surface area contributed by atoms with Crippen LogP contribution in [-0.4, -0.2) is 23.3 Å². The minimum atomic E-state index is -0.184. The molecular formula is C8H17NO. The maximum absolute atomic E-state index is 9.54. The number of aliphatic hydroxyl groups excluding tert-OH is 1. The summed E-state index contributed by atoms with van der Waals surface area (Å²) >= 11 is 0. The molecule has 2 atom stereocenters. The second-order valence-corrected chi connectivity index (χ2v) is 3.96. The predicted octanol–water partition coefficient (Wildman–Crippen LogP) is 0.755. The van der Waals surface area contributed by atoms with Crippen molar-refractivity contribution in [1.29, 1.82) is 0 Å². The summed E-state index contributed by atoms with van der Waals surface area (Å²) in [5, 5.41) is 12.9. The number of hydrogen-bond donors (Lipinski definition) is 2. The highest BCUT2D eigenvalue weighted by Gasteiger charge is 2.32. The SMILES string of the molecule is CC1CNC(C)(C)C(O)C1. The summed E-state index contributed by atoms with van der Waals surface area (Å²) in [6.07, 6.45) is 0.747. The molecule has 1 fully saturated rings. The van der Waals surface area contributed by atoms with Crippen LogP contribution in [0.1, 0.15) is 27.2 Å². The van der Waals surface area contributed by atoms with E-state index in [4.69, 9.17) is 0 Å². The first-order valence-corrected chi connectivity index (χ1v) is 3.95. The molecule has 2 nitrogen and oxygen atoms in total. The quantitative estimate of drug-likeness (QED) is 0.524. The molecule has 2 unspecified atom stereocenters. The van der Waals surface area contributed by atoms with Crippen LogP contribution in [0.2, 0.25) is 0 Å². The van der Waals surface area contributed by atoms with Crippen molar-refractivity contribution in [3.63, 3.8) is 0 Å². The molecule has 60 valence electrons. The normalized spacial score (nSPS) is 39.6. The summed E-state index contributed by atoms with van der Waals surface area (Å²) < 4.78 is 0. The fourth-order valence-electron chi connectivity index (χ4n) is 1.31. The summed E-state index contributed by atoms with van der Waals surface area (Å²) in [6, 6.07) is 0. The van der Waals surface area contributed by atoms with Crippen LogP contribution in [0.3, 0.4) is 0 Å². The van der Waals surface area contributed by atoms with Gasteiger partial charge >= 0.3 is 0 Å². The first kappa shape index (κ1) is 8.02. The molecule has 1 saturated heterocycles. The largest absolute Gasteiger partial charge is 0.391 e. The van der Waals surface area contributed by atoms with E-state index in [9.17, 15) is 5.11 Å². The molecule has 0 aromatic rings. The average molecular weight is 143 g/mol. The van der Waals surface area contributed by atoms with Gasteiger partial charge in [-0.25, -0.2) is 0 Å². The summed E-state index contributed by atoms with van der Waals surface area (Å²) in [7, 11) is 0. The molecule has 0 radical (unpaired) electrons. The molecule has 10 heavy (non-hydrogen) atoms. The molecule has 0 aromatic carbocycles. The van der Waals surface area contributed by atoms with Crippen LogP contribution in [0.15, 0.2) is 0 Å². The predicted molar refractivity (Wildman–Crippen MR) is 41.9 cm³/mol. The maximum Gasteiger partial charge on any atom is 0.0719 e. The lowest BCUT2D eigenvalue weighted by Gasteiger charge is -2.39. The monoisotopic (exact) mass is 143 g/mol. The Kier molecular flexibility index (Phi) is 2.02. The standard InChI is InChI=1S/C8H17NO/c1-6-4-7(10)8(2,3)9-5-6/h6-7,9-10H,4-5H2,1-3H3. The second-order valence-electron chi connectivity index (χ2n) is 3.96. The van der Waals surface area contributed by atoms with Crippen molar-refractivity contribution in [2.45, 2.75) is 38.8 Å². The van der Waals surface area contributed by atoms with Crippen LogP contribution < -0.4 is 5.32 Å². The van der Waals surface area contributed by atoms with Gasteiger partial charge in [-0.15, -0.1) is 0 Å². The summed E-state index contributed by atoms with van der Waals surface area (Å²) in [6.45, 7) is 7.28. The van der Waals surface area contributed by atoms with Crippen LogP contribution in [0.25, 0.3) is 0 Å². The van der Waals surface area contributed by atoms with E-state index >= 15 is 0 Å². The van der Waals surface area contributed by atoms with Gasteiger partial charge in [0.15, 0.2) is 0 Å². The van der Waals surface area contributed by atoms with E-state index in [0.717, 1.165) is 13.0 Å². The summed E-state index contributed by atoms with van der Waals surface area (Å²) in [4.78, 5) is 0.